The maximum atomic E-state index is 14.0. The Labute approximate surface area is 305 Å². The molecule has 4 aromatic rings. The highest BCUT2D eigenvalue weighted by molar-refractivity contribution is 7.14. The summed E-state index contributed by atoms with van der Waals surface area (Å²) in [4.78, 5) is 58.4. The van der Waals surface area contributed by atoms with Gasteiger partial charge < -0.3 is 20.1 Å². The summed E-state index contributed by atoms with van der Waals surface area (Å²) in [5.74, 6) is -1.55. The Kier molecular flexibility index (Phi) is 9.39. The summed E-state index contributed by atoms with van der Waals surface area (Å²) in [6, 6.07) is 10.2. The van der Waals surface area contributed by atoms with Gasteiger partial charge in [-0.3, -0.25) is 19.6 Å². The summed E-state index contributed by atoms with van der Waals surface area (Å²) in [7, 11) is 1.30. The quantitative estimate of drug-likeness (QED) is 0.210. The van der Waals surface area contributed by atoms with Gasteiger partial charge in [-0.05, 0) is 31.5 Å². The number of aliphatic carboxylic acids is 1. The number of fused-ring (bicyclic) bond motifs is 1. The molecule has 12 nitrogen and oxygen atoms in total. The number of amides is 2. The number of nitrogens with zero attached hydrogens (tertiary/aromatic N) is 6. The molecule has 2 N–H and O–H groups in total. The van der Waals surface area contributed by atoms with Crippen molar-refractivity contribution in [3.05, 3.63) is 97.7 Å². The van der Waals surface area contributed by atoms with Gasteiger partial charge in [-0.25, -0.2) is 23.9 Å². The Morgan fingerprint density at radius 3 is 2.61 bits per heavy atom. The van der Waals surface area contributed by atoms with Crippen LogP contribution in [0.25, 0.3) is 11.3 Å². The molecule has 0 bridgehead atoms. The van der Waals surface area contributed by atoms with Gasteiger partial charge in [0.15, 0.2) is 16.0 Å². The van der Waals surface area contributed by atoms with Gasteiger partial charge >= 0.3 is 18.0 Å². The number of hydrogen-bond donors (Lipinski definition) is 2. The lowest BCUT2D eigenvalue weighted by molar-refractivity contribution is -0.142. The molecule has 264 valence electrons. The van der Waals surface area contributed by atoms with Gasteiger partial charge in [-0.15, -0.1) is 22.7 Å². The molecule has 0 saturated carbocycles. The maximum Gasteiger partial charge on any atom is 0.338 e. The van der Waals surface area contributed by atoms with E-state index in [1.807, 2.05) is 27.8 Å². The molecule has 2 atom stereocenters. The van der Waals surface area contributed by atoms with Crippen LogP contribution in [0.5, 0.6) is 0 Å². The molecule has 2 fully saturated rings. The van der Waals surface area contributed by atoms with Crippen molar-refractivity contribution in [1.29, 1.82) is 0 Å². The molecule has 2 aromatic carbocycles. The number of thiazole rings is 2. The van der Waals surface area contributed by atoms with Crippen LogP contribution in [-0.2, 0) is 19.7 Å². The normalized spacial score (nSPS) is 19.5. The zero-order valence-corrected chi connectivity index (χ0v) is 30.2. The van der Waals surface area contributed by atoms with E-state index in [0.717, 1.165) is 5.56 Å². The third kappa shape index (κ3) is 6.62. The fraction of sp³-hybridized carbons (Fsp3) is 0.314. The molecule has 7 rings (SSSR count). The second kappa shape index (κ2) is 13.8. The van der Waals surface area contributed by atoms with Gasteiger partial charge in [-0.2, -0.15) is 0 Å². The largest absolute Gasteiger partial charge is 0.481 e. The first kappa shape index (κ1) is 34.7. The Morgan fingerprint density at radius 1 is 1.14 bits per heavy atom. The van der Waals surface area contributed by atoms with Crippen molar-refractivity contribution in [3.63, 3.8) is 0 Å². The van der Waals surface area contributed by atoms with E-state index < -0.39 is 29.2 Å². The van der Waals surface area contributed by atoms with E-state index in [2.05, 4.69) is 15.2 Å². The molecule has 0 aliphatic carbocycles. The maximum absolute atomic E-state index is 14.0. The Balaban J connectivity index is 1.11. The first-order chi connectivity index (χ1) is 24.4. The van der Waals surface area contributed by atoms with Crippen molar-refractivity contribution >= 4 is 63.2 Å². The topological polar surface area (TPSA) is 141 Å². The number of rotatable bonds is 9. The van der Waals surface area contributed by atoms with Gasteiger partial charge in [0.25, 0.3) is 0 Å². The highest BCUT2D eigenvalue weighted by atomic mass is 35.5. The van der Waals surface area contributed by atoms with Crippen molar-refractivity contribution in [1.82, 2.24) is 25.1 Å². The second-order valence-corrected chi connectivity index (χ2v) is 15.0. The highest BCUT2D eigenvalue weighted by Gasteiger charge is 2.43. The smallest absolute Gasteiger partial charge is 0.338 e. The molecule has 0 spiro atoms. The zero-order valence-electron chi connectivity index (χ0n) is 27.8. The van der Waals surface area contributed by atoms with E-state index in [1.165, 1.54) is 48.0 Å². The van der Waals surface area contributed by atoms with Crippen LogP contribution in [-0.4, -0.2) is 94.6 Å². The van der Waals surface area contributed by atoms with Gasteiger partial charge in [-0.1, -0.05) is 41.9 Å². The first-order valence-electron chi connectivity index (χ1n) is 16.1. The molecule has 2 amide bonds. The standard InChI is InChI=1S/C35H33ClFN7O5S2/c1-35(2,32(46)47)20-6-4-19(5-7-20)26-18-51-33(40-26)44-16-22-15-42(11-12-43(22)34(44)48)17-25-27(31(45)49-3)28(23-9-8-21(37)14-24(23)36)41-29(39-25)30-38-10-13-50-30/h4-10,13-14,18,22,28H,11-12,15-17H2,1-3H3,(H,39,41)(H,46,47)/t22?,28-/m0/s1. The van der Waals surface area contributed by atoms with E-state index in [0.29, 0.717) is 71.2 Å². The zero-order chi connectivity index (χ0) is 36.0. The van der Waals surface area contributed by atoms with E-state index in [9.17, 15) is 23.9 Å². The molecule has 2 saturated heterocycles. The molecule has 2 aromatic heterocycles. The van der Waals surface area contributed by atoms with Crippen molar-refractivity contribution in [2.24, 2.45) is 4.99 Å². The minimum Gasteiger partial charge on any atom is -0.481 e. The van der Waals surface area contributed by atoms with Crippen LogP contribution in [0.4, 0.5) is 14.3 Å². The second-order valence-electron chi connectivity index (χ2n) is 12.9. The number of carbonyl (C=O) groups excluding carboxylic acids is 2. The number of anilines is 1. The number of carboxylic acid groups (broad SMARTS) is 1. The molecule has 3 aliphatic heterocycles. The summed E-state index contributed by atoms with van der Waals surface area (Å²) >= 11 is 9.27. The molecular weight excluding hydrogens is 717 g/mol. The SMILES string of the molecule is COC(=O)C1=C(CN2CCN3C(=O)N(c4nc(-c5ccc(C(C)(C)C(=O)O)cc5)cs4)CC3C2)NC(c2nccs2)=N[C@H]1c1ccc(F)cc1Cl. The summed E-state index contributed by atoms with van der Waals surface area (Å²) in [5, 5.41) is 18.0. The summed E-state index contributed by atoms with van der Waals surface area (Å²) in [6.45, 7) is 5.63. The summed E-state index contributed by atoms with van der Waals surface area (Å²) in [6.07, 6.45) is 1.66. The van der Waals surface area contributed by atoms with Gasteiger partial charge in [0.05, 0.1) is 36.4 Å². The number of halogens is 2. The summed E-state index contributed by atoms with van der Waals surface area (Å²) < 4.78 is 19.3. The van der Waals surface area contributed by atoms with Crippen LogP contribution >= 0.6 is 34.3 Å². The molecule has 5 heterocycles. The van der Waals surface area contributed by atoms with Crippen LogP contribution in [0.2, 0.25) is 5.02 Å². The molecule has 51 heavy (non-hydrogen) atoms. The third-order valence-electron chi connectivity index (χ3n) is 9.40. The first-order valence-corrected chi connectivity index (χ1v) is 18.2. The number of benzene rings is 2. The van der Waals surface area contributed by atoms with Gasteiger partial charge in [0.2, 0.25) is 0 Å². The number of urea groups is 1. The molecule has 1 unspecified atom stereocenters. The highest BCUT2D eigenvalue weighted by Crippen LogP contribution is 2.38. The predicted octanol–water partition coefficient (Wildman–Crippen LogP) is 5.57. The molecule has 16 heteroatoms. The number of aromatic nitrogens is 2. The minimum absolute atomic E-state index is 0.117. The van der Waals surface area contributed by atoms with E-state index >= 15 is 0 Å². The van der Waals surface area contributed by atoms with Crippen LogP contribution in [0.15, 0.2) is 75.7 Å². The Bertz CT molecular complexity index is 2070. The number of carbonyl (C=O) groups is 3. The lowest BCUT2D eigenvalue weighted by Crippen LogP contribution is -2.53. The lowest BCUT2D eigenvalue weighted by Gasteiger charge is -2.38. The van der Waals surface area contributed by atoms with Crippen LogP contribution in [0.3, 0.4) is 0 Å². The van der Waals surface area contributed by atoms with Crippen molar-refractivity contribution in [2.75, 3.05) is 44.7 Å². The fourth-order valence-electron chi connectivity index (χ4n) is 6.47. The van der Waals surface area contributed by atoms with Crippen molar-refractivity contribution in [2.45, 2.75) is 31.3 Å². The summed E-state index contributed by atoms with van der Waals surface area (Å²) in [5.41, 5.74) is 2.46. The van der Waals surface area contributed by atoms with Gasteiger partial charge in [0.1, 0.15) is 11.9 Å². The number of carboxylic acids is 1. The van der Waals surface area contributed by atoms with Gasteiger partial charge in [0, 0.05) is 65.0 Å². The molecule has 3 aliphatic rings. The van der Waals surface area contributed by atoms with Crippen molar-refractivity contribution < 1.29 is 28.6 Å². The third-order valence-corrected chi connectivity index (χ3v) is 11.4. The Hall–Kier alpha value is -4.70. The molecular formula is C35H33ClFN7O5S2. The fourth-order valence-corrected chi connectivity index (χ4v) is 8.16. The number of piperazine rings is 1. The minimum atomic E-state index is -1.02. The van der Waals surface area contributed by atoms with E-state index in [4.69, 9.17) is 26.3 Å². The van der Waals surface area contributed by atoms with Crippen molar-refractivity contribution in [3.8, 4) is 11.3 Å². The molecule has 0 radical (unpaired) electrons. The number of hydrogen-bond acceptors (Lipinski definition) is 11. The number of esters is 1. The number of ether oxygens (including phenoxy) is 1. The van der Waals surface area contributed by atoms with E-state index in [1.54, 1.807) is 37.1 Å². The van der Waals surface area contributed by atoms with Crippen LogP contribution in [0, 0.1) is 5.82 Å². The Morgan fingerprint density at radius 2 is 1.92 bits per heavy atom. The number of methoxy groups -OCH3 is 1. The van der Waals surface area contributed by atoms with Crippen LogP contribution in [0.1, 0.15) is 36.0 Å². The average Bonchev–Trinajstić information content (AvgIpc) is 3.89. The number of aliphatic imine (C=N–C) groups is 1. The van der Waals surface area contributed by atoms with E-state index in [-0.39, 0.29) is 22.7 Å². The lowest BCUT2D eigenvalue weighted by atomic mass is 9.84. The monoisotopic (exact) mass is 749 g/mol. The predicted molar refractivity (Wildman–Crippen MR) is 193 cm³/mol. The number of amidine groups is 1. The average molecular weight is 750 g/mol. The van der Waals surface area contributed by atoms with Crippen LogP contribution < -0.4 is 10.2 Å². The number of nitrogens with one attached hydrogen (secondary N) is 1.